The van der Waals surface area contributed by atoms with Crippen molar-refractivity contribution in [2.45, 2.75) is 31.7 Å². The maximum Gasteiger partial charge on any atom is 0.234 e. The summed E-state index contributed by atoms with van der Waals surface area (Å²) in [7, 11) is 0. The van der Waals surface area contributed by atoms with Gasteiger partial charge in [-0.3, -0.25) is 4.79 Å². The molecule has 2 heterocycles. The molecule has 0 spiro atoms. The van der Waals surface area contributed by atoms with E-state index in [-0.39, 0.29) is 11.7 Å². The number of benzene rings is 2. The summed E-state index contributed by atoms with van der Waals surface area (Å²) >= 11 is 1.40. The summed E-state index contributed by atoms with van der Waals surface area (Å²) in [5.41, 5.74) is 4.91. The van der Waals surface area contributed by atoms with Crippen LogP contribution in [0.4, 0.5) is 5.69 Å². The van der Waals surface area contributed by atoms with Crippen LogP contribution in [0.5, 0.6) is 0 Å². The number of para-hydroxylation sites is 2. The first-order valence-electron chi connectivity index (χ1n) is 9.98. The van der Waals surface area contributed by atoms with Crippen molar-refractivity contribution in [1.82, 2.24) is 19.7 Å². The molecule has 4 rings (SSSR count). The summed E-state index contributed by atoms with van der Waals surface area (Å²) in [5.74, 6) is 0.224. The molecule has 2 aromatic carbocycles. The van der Waals surface area contributed by atoms with Crippen LogP contribution in [-0.4, -0.2) is 31.4 Å². The van der Waals surface area contributed by atoms with Gasteiger partial charge in [0, 0.05) is 5.69 Å². The minimum Gasteiger partial charge on any atom is -0.325 e. The molecule has 0 fully saturated rings. The Morgan fingerprint density at radius 3 is 2.43 bits per heavy atom. The van der Waals surface area contributed by atoms with Gasteiger partial charge in [-0.2, -0.15) is 5.10 Å². The lowest BCUT2D eigenvalue weighted by atomic mass is 10.0. The number of nitrogens with one attached hydrogen (secondary N) is 1. The number of hydrogen-bond donors (Lipinski definition) is 1. The lowest BCUT2D eigenvalue weighted by Gasteiger charge is -2.14. The lowest BCUT2D eigenvalue weighted by Crippen LogP contribution is -2.16. The van der Waals surface area contributed by atoms with Crippen molar-refractivity contribution in [2.24, 2.45) is 0 Å². The second-order valence-corrected chi connectivity index (χ2v) is 7.77. The fraction of sp³-hybridized carbons (Fsp3) is 0.217. The second-order valence-electron chi connectivity index (χ2n) is 6.80. The van der Waals surface area contributed by atoms with Crippen LogP contribution in [0.15, 0.2) is 66.1 Å². The van der Waals surface area contributed by atoms with E-state index in [0.717, 1.165) is 51.4 Å². The molecule has 0 atom stereocenters. The van der Waals surface area contributed by atoms with E-state index < -0.39 is 0 Å². The van der Waals surface area contributed by atoms with Crippen LogP contribution >= 0.6 is 11.8 Å². The van der Waals surface area contributed by atoms with Crippen molar-refractivity contribution < 1.29 is 4.79 Å². The van der Waals surface area contributed by atoms with Crippen LogP contribution in [0.2, 0.25) is 0 Å². The average Bonchev–Trinajstić information content (AvgIpc) is 3.23. The van der Waals surface area contributed by atoms with Gasteiger partial charge in [0.05, 0.1) is 23.0 Å². The van der Waals surface area contributed by atoms with Gasteiger partial charge in [-0.15, -0.1) is 0 Å². The van der Waals surface area contributed by atoms with E-state index in [1.807, 2.05) is 36.4 Å². The van der Waals surface area contributed by atoms with Gasteiger partial charge in [0.25, 0.3) is 0 Å². The van der Waals surface area contributed by atoms with E-state index in [1.54, 1.807) is 10.9 Å². The maximum absolute atomic E-state index is 12.7. The summed E-state index contributed by atoms with van der Waals surface area (Å²) < 4.78 is 1.78. The van der Waals surface area contributed by atoms with Crippen molar-refractivity contribution in [1.29, 1.82) is 0 Å². The quantitative estimate of drug-likeness (QED) is 0.349. The van der Waals surface area contributed by atoms with Gasteiger partial charge in [-0.1, -0.05) is 62.0 Å². The van der Waals surface area contributed by atoms with Gasteiger partial charge in [0.15, 0.2) is 5.65 Å². The number of carbonyl (C=O) groups is 1. The zero-order valence-electron chi connectivity index (χ0n) is 17.0. The van der Waals surface area contributed by atoms with Crippen molar-refractivity contribution >= 4 is 34.4 Å². The summed E-state index contributed by atoms with van der Waals surface area (Å²) in [5, 5.41) is 9.16. The highest BCUT2D eigenvalue weighted by molar-refractivity contribution is 8.00. The van der Waals surface area contributed by atoms with Gasteiger partial charge >= 0.3 is 0 Å². The number of carbonyl (C=O) groups excluding carboxylic acids is 1. The molecular formula is C23H23N5OS. The number of hydrogen-bond acceptors (Lipinski definition) is 5. The number of thioether (sulfide) groups is 1. The molecule has 0 saturated heterocycles. The molecule has 7 heteroatoms. The third kappa shape index (κ3) is 4.07. The minimum atomic E-state index is -0.0437. The first kappa shape index (κ1) is 20.1. The van der Waals surface area contributed by atoms with Crippen LogP contribution in [0, 0.1) is 0 Å². The van der Waals surface area contributed by atoms with Gasteiger partial charge in [-0.25, -0.2) is 14.6 Å². The fourth-order valence-electron chi connectivity index (χ4n) is 3.41. The van der Waals surface area contributed by atoms with Gasteiger partial charge in [-0.05, 0) is 36.1 Å². The van der Waals surface area contributed by atoms with Crippen molar-refractivity contribution in [2.75, 3.05) is 11.1 Å². The highest BCUT2D eigenvalue weighted by atomic mass is 32.2. The SMILES string of the molecule is CCc1cccc(CC)c1NC(=O)CSc1ncnc2c1cnn2-c1ccccc1. The molecule has 6 nitrogen and oxygen atoms in total. The largest absolute Gasteiger partial charge is 0.325 e. The molecule has 1 N–H and O–H groups in total. The predicted molar refractivity (Wildman–Crippen MR) is 121 cm³/mol. The van der Waals surface area contributed by atoms with Gasteiger partial charge in [0.1, 0.15) is 11.4 Å². The molecule has 0 aliphatic rings. The highest BCUT2D eigenvalue weighted by Gasteiger charge is 2.14. The highest BCUT2D eigenvalue weighted by Crippen LogP contribution is 2.27. The molecular weight excluding hydrogens is 394 g/mol. The smallest absolute Gasteiger partial charge is 0.234 e. The zero-order chi connectivity index (χ0) is 20.9. The number of anilines is 1. The van der Waals surface area contributed by atoms with E-state index in [0.29, 0.717) is 0 Å². The monoisotopic (exact) mass is 417 g/mol. The van der Waals surface area contributed by atoms with Gasteiger partial charge < -0.3 is 5.32 Å². The van der Waals surface area contributed by atoms with E-state index >= 15 is 0 Å². The Morgan fingerprint density at radius 1 is 1.00 bits per heavy atom. The van der Waals surface area contributed by atoms with E-state index in [4.69, 9.17) is 0 Å². The van der Waals surface area contributed by atoms with E-state index in [1.165, 1.54) is 18.1 Å². The molecule has 4 aromatic rings. The minimum absolute atomic E-state index is 0.0437. The van der Waals surface area contributed by atoms with Crippen LogP contribution in [0.25, 0.3) is 16.7 Å². The lowest BCUT2D eigenvalue weighted by molar-refractivity contribution is -0.113. The Bertz CT molecular complexity index is 1150. The number of nitrogens with zero attached hydrogens (tertiary/aromatic N) is 4. The Labute approximate surface area is 179 Å². The number of rotatable bonds is 7. The average molecular weight is 418 g/mol. The molecule has 0 unspecified atom stereocenters. The Kier molecular flexibility index (Phi) is 6.09. The standard InChI is InChI=1S/C23H23N5OS/c1-3-16-9-8-10-17(4-2)21(16)27-20(29)14-30-23-19-13-26-28(22(19)24-15-25-23)18-11-6-5-7-12-18/h5-13,15H,3-4,14H2,1-2H3,(H,27,29). The maximum atomic E-state index is 12.7. The van der Waals surface area contributed by atoms with Crippen LogP contribution in [-0.2, 0) is 17.6 Å². The van der Waals surface area contributed by atoms with E-state index in [2.05, 4.69) is 46.4 Å². The molecule has 0 aliphatic heterocycles. The molecule has 0 bridgehead atoms. The van der Waals surface area contributed by atoms with E-state index in [9.17, 15) is 4.79 Å². The Balaban J connectivity index is 1.52. The summed E-state index contributed by atoms with van der Waals surface area (Å²) in [4.78, 5) is 21.5. The van der Waals surface area contributed by atoms with Crippen molar-refractivity contribution in [3.63, 3.8) is 0 Å². The van der Waals surface area contributed by atoms with Gasteiger partial charge in [0.2, 0.25) is 5.91 Å². The van der Waals surface area contributed by atoms with Crippen LogP contribution in [0.3, 0.4) is 0 Å². The Morgan fingerprint density at radius 2 is 1.73 bits per heavy atom. The zero-order valence-corrected chi connectivity index (χ0v) is 17.8. The molecule has 0 aliphatic carbocycles. The van der Waals surface area contributed by atoms with Crippen LogP contribution < -0.4 is 5.32 Å². The first-order valence-corrected chi connectivity index (χ1v) is 11.0. The van der Waals surface area contributed by atoms with Crippen LogP contribution in [0.1, 0.15) is 25.0 Å². The molecule has 152 valence electrons. The normalized spacial score (nSPS) is 11.0. The number of aromatic nitrogens is 4. The topological polar surface area (TPSA) is 72.7 Å². The first-order chi connectivity index (χ1) is 14.7. The number of amides is 1. The molecule has 1 amide bonds. The molecule has 2 aromatic heterocycles. The van der Waals surface area contributed by atoms with Crippen molar-refractivity contribution in [3.8, 4) is 5.69 Å². The molecule has 0 radical (unpaired) electrons. The molecule has 30 heavy (non-hydrogen) atoms. The summed E-state index contributed by atoms with van der Waals surface area (Å²) in [6.07, 6.45) is 5.03. The third-order valence-corrected chi connectivity index (χ3v) is 5.94. The predicted octanol–water partition coefficient (Wildman–Crippen LogP) is 4.67. The number of aryl methyl sites for hydroxylation is 2. The van der Waals surface area contributed by atoms with Crippen molar-refractivity contribution in [3.05, 3.63) is 72.2 Å². The second kappa shape index (κ2) is 9.09. The summed E-state index contributed by atoms with van der Waals surface area (Å²) in [6, 6.07) is 16.0. The summed E-state index contributed by atoms with van der Waals surface area (Å²) in [6.45, 7) is 4.20. The molecule has 0 saturated carbocycles. The fourth-order valence-corrected chi connectivity index (χ4v) is 4.17. The Hall–Kier alpha value is -3.19. The number of fused-ring (bicyclic) bond motifs is 1. The third-order valence-electron chi connectivity index (χ3n) is 4.93.